The lowest BCUT2D eigenvalue weighted by atomic mass is 10.0. The van der Waals surface area contributed by atoms with Crippen LogP contribution in [0, 0.1) is 11.8 Å². The van der Waals surface area contributed by atoms with E-state index in [9.17, 15) is 4.79 Å². The molecule has 4 rings (SSSR count). The van der Waals surface area contributed by atoms with Gasteiger partial charge >= 0.3 is 0 Å². The molecule has 1 fully saturated rings. The Morgan fingerprint density at radius 2 is 2.32 bits per heavy atom. The number of carbonyl (C=O) groups is 1. The topological polar surface area (TPSA) is 59.9 Å². The van der Waals surface area contributed by atoms with Crippen molar-refractivity contribution in [3.8, 4) is 5.75 Å². The predicted octanol–water partition coefficient (Wildman–Crippen LogP) is 1.89. The summed E-state index contributed by atoms with van der Waals surface area (Å²) in [5.74, 6) is 1.87. The quantitative estimate of drug-likeness (QED) is 0.923. The molecule has 0 spiro atoms. The van der Waals surface area contributed by atoms with Crippen LogP contribution in [0.2, 0.25) is 0 Å². The molecule has 5 heteroatoms. The fourth-order valence-electron chi connectivity index (χ4n) is 3.11. The molecule has 1 saturated carbocycles. The normalized spacial score (nSPS) is 28.4. The standard InChI is InChI=1S/C17H20N2O3/c1-10-6-14(10)17(20)18-9-13-8-15(19-22-13)11-2-3-16-12(7-11)4-5-21-16/h2-3,7,10,13-14H,4-6,8-9H2,1H3,(H,18,20)/t10-,13-,14+/m1/s1. The molecule has 2 heterocycles. The molecule has 0 unspecified atom stereocenters. The molecule has 1 aromatic rings. The molecular formula is C17H20N2O3. The second kappa shape index (κ2) is 5.30. The van der Waals surface area contributed by atoms with Gasteiger partial charge in [0.25, 0.3) is 0 Å². The highest BCUT2D eigenvalue weighted by Gasteiger charge is 2.39. The van der Waals surface area contributed by atoms with Crippen molar-refractivity contribution >= 4 is 11.6 Å². The van der Waals surface area contributed by atoms with E-state index in [4.69, 9.17) is 9.57 Å². The maximum absolute atomic E-state index is 11.8. The van der Waals surface area contributed by atoms with Gasteiger partial charge in [-0.05, 0) is 41.7 Å². The number of carbonyl (C=O) groups excluding carboxylic acids is 1. The third kappa shape index (κ3) is 2.56. The van der Waals surface area contributed by atoms with Gasteiger partial charge in [-0.2, -0.15) is 0 Å². The van der Waals surface area contributed by atoms with Crippen molar-refractivity contribution in [2.75, 3.05) is 13.2 Å². The maximum Gasteiger partial charge on any atom is 0.223 e. The van der Waals surface area contributed by atoms with E-state index in [0.29, 0.717) is 12.5 Å². The van der Waals surface area contributed by atoms with Crippen molar-refractivity contribution in [1.82, 2.24) is 5.32 Å². The van der Waals surface area contributed by atoms with Crippen LogP contribution in [0.3, 0.4) is 0 Å². The molecular weight excluding hydrogens is 280 g/mol. The van der Waals surface area contributed by atoms with Gasteiger partial charge in [-0.15, -0.1) is 0 Å². The van der Waals surface area contributed by atoms with Crippen LogP contribution < -0.4 is 10.1 Å². The minimum atomic E-state index is -0.0579. The minimum absolute atomic E-state index is 0.0579. The van der Waals surface area contributed by atoms with Crippen molar-refractivity contribution in [2.24, 2.45) is 17.0 Å². The molecule has 0 bridgehead atoms. The molecule has 0 saturated heterocycles. The Bertz CT molecular complexity index is 641. The Kier molecular flexibility index (Phi) is 3.28. The van der Waals surface area contributed by atoms with Gasteiger partial charge in [-0.3, -0.25) is 4.79 Å². The Hall–Kier alpha value is -2.04. The third-order valence-corrected chi connectivity index (χ3v) is 4.71. The zero-order valence-electron chi connectivity index (χ0n) is 12.7. The Morgan fingerprint density at radius 3 is 3.14 bits per heavy atom. The van der Waals surface area contributed by atoms with Gasteiger partial charge < -0.3 is 14.9 Å². The van der Waals surface area contributed by atoms with Gasteiger partial charge in [0.1, 0.15) is 11.9 Å². The predicted molar refractivity (Wildman–Crippen MR) is 81.9 cm³/mol. The van der Waals surface area contributed by atoms with E-state index in [1.54, 1.807) is 0 Å². The molecule has 2 aliphatic heterocycles. The van der Waals surface area contributed by atoms with Crippen LogP contribution in [-0.4, -0.2) is 30.9 Å². The number of ether oxygens (including phenoxy) is 1. The fraction of sp³-hybridized carbons (Fsp3) is 0.529. The average molecular weight is 300 g/mol. The number of nitrogens with one attached hydrogen (secondary N) is 1. The SMILES string of the molecule is C[C@@H]1C[C@@H]1C(=O)NC[C@H]1CC(c2ccc3c(c2)CCO3)=NO1. The molecule has 22 heavy (non-hydrogen) atoms. The maximum atomic E-state index is 11.8. The van der Waals surface area contributed by atoms with Crippen LogP contribution in [0.4, 0.5) is 0 Å². The van der Waals surface area contributed by atoms with Crippen molar-refractivity contribution < 1.29 is 14.4 Å². The van der Waals surface area contributed by atoms with E-state index in [1.807, 2.05) is 12.1 Å². The zero-order chi connectivity index (χ0) is 15.1. The first kappa shape index (κ1) is 13.6. The minimum Gasteiger partial charge on any atom is -0.493 e. The molecule has 3 aliphatic rings. The summed E-state index contributed by atoms with van der Waals surface area (Å²) >= 11 is 0. The summed E-state index contributed by atoms with van der Waals surface area (Å²) in [5, 5.41) is 7.16. The molecule has 116 valence electrons. The Labute approximate surface area is 129 Å². The van der Waals surface area contributed by atoms with E-state index in [-0.39, 0.29) is 17.9 Å². The van der Waals surface area contributed by atoms with Crippen molar-refractivity contribution in [1.29, 1.82) is 0 Å². The Morgan fingerprint density at radius 1 is 1.45 bits per heavy atom. The first-order chi connectivity index (χ1) is 10.7. The lowest BCUT2D eigenvalue weighted by Crippen LogP contribution is -2.33. The highest BCUT2D eigenvalue weighted by atomic mass is 16.6. The molecule has 3 atom stereocenters. The number of hydrogen-bond donors (Lipinski definition) is 1. The first-order valence-corrected chi connectivity index (χ1v) is 7.97. The largest absolute Gasteiger partial charge is 0.493 e. The average Bonchev–Trinajstić information content (AvgIpc) is 2.96. The van der Waals surface area contributed by atoms with Crippen molar-refractivity contribution in [3.63, 3.8) is 0 Å². The number of amides is 1. The summed E-state index contributed by atoms with van der Waals surface area (Å²) in [6.45, 7) is 3.40. The van der Waals surface area contributed by atoms with Crippen LogP contribution >= 0.6 is 0 Å². The van der Waals surface area contributed by atoms with Crippen molar-refractivity contribution in [3.05, 3.63) is 29.3 Å². The number of fused-ring (bicyclic) bond motifs is 1. The molecule has 1 N–H and O–H groups in total. The van der Waals surface area contributed by atoms with Crippen LogP contribution in [0.1, 0.15) is 30.9 Å². The van der Waals surface area contributed by atoms with Gasteiger partial charge in [0.2, 0.25) is 5.91 Å². The van der Waals surface area contributed by atoms with Gasteiger partial charge in [0, 0.05) is 18.8 Å². The smallest absolute Gasteiger partial charge is 0.223 e. The summed E-state index contributed by atoms with van der Waals surface area (Å²) in [7, 11) is 0. The number of hydrogen-bond acceptors (Lipinski definition) is 4. The summed E-state index contributed by atoms with van der Waals surface area (Å²) in [6, 6.07) is 6.17. The highest BCUT2D eigenvalue weighted by Crippen LogP contribution is 2.37. The summed E-state index contributed by atoms with van der Waals surface area (Å²) in [4.78, 5) is 17.3. The van der Waals surface area contributed by atoms with E-state index < -0.39 is 0 Å². The van der Waals surface area contributed by atoms with Gasteiger partial charge in [0.15, 0.2) is 0 Å². The molecule has 0 radical (unpaired) electrons. The van der Waals surface area contributed by atoms with Crippen molar-refractivity contribution in [2.45, 2.75) is 32.3 Å². The van der Waals surface area contributed by atoms with E-state index in [1.165, 1.54) is 5.56 Å². The molecule has 5 nitrogen and oxygen atoms in total. The lowest BCUT2D eigenvalue weighted by Gasteiger charge is -2.09. The lowest BCUT2D eigenvalue weighted by molar-refractivity contribution is -0.123. The molecule has 0 aromatic heterocycles. The van der Waals surface area contributed by atoms with E-state index in [2.05, 4.69) is 23.5 Å². The fourth-order valence-corrected chi connectivity index (χ4v) is 3.11. The van der Waals surface area contributed by atoms with Crippen LogP contribution in [-0.2, 0) is 16.1 Å². The monoisotopic (exact) mass is 300 g/mol. The summed E-state index contributed by atoms with van der Waals surface area (Å²) < 4.78 is 5.52. The Balaban J connectivity index is 1.33. The third-order valence-electron chi connectivity index (χ3n) is 4.71. The van der Waals surface area contributed by atoms with Crippen LogP contribution in [0.25, 0.3) is 0 Å². The second-order valence-corrected chi connectivity index (χ2v) is 6.46. The molecule has 1 aromatic carbocycles. The summed E-state index contributed by atoms with van der Waals surface area (Å²) in [6.07, 6.45) is 2.64. The van der Waals surface area contributed by atoms with Gasteiger partial charge in [0.05, 0.1) is 18.9 Å². The second-order valence-electron chi connectivity index (χ2n) is 6.46. The summed E-state index contributed by atoms with van der Waals surface area (Å²) in [5.41, 5.74) is 3.28. The van der Waals surface area contributed by atoms with Gasteiger partial charge in [-0.1, -0.05) is 12.1 Å². The molecule has 1 amide bonds. The zero-order valence-corrected chi connectivity index (χ0v) is 12.7. The van der Waals surface area contributed by atoms with Gasteiger partial charge in [-0.25, -0.2) is 0 Å². The highest BCUT2D eigenvalue weighted by molar-refractivity contribution is 6.01. The van der Waals surface area contributed by atoms with E-state index >= 15 is 0 Å². The number of oxime groups is 1. The van der Waals surface area contributed by atoms with Crippen LogP contribution in [0.5, 0.6) is 5.75 Å². The number of rotatable bonds is 4. The molecule has 1 aliphatic carbocycles. The van der Waals surface area contributed by atoms with E-state index in [0.717, 1.165) is 42.9 Å². The first-order valence-electron chi connectivity index (χ1n) is 7.97. The number of nitrogens with zero attached hydrogens (tertiary/aromatic N) is 1. The van der Waals surface area contributed by atoms with Crippen LogP contribution in [0.15, 0.2) is 23.4 Å². The number of benzene rings is 1.